The van der Waals surface area contributed by atoms with Gasteiger partial charge in [-0.1, -0.05) is 112 Å². The lowest BCUT2D eigenvalue weighted by Crippen LogP contribution is -2.24. The Balaban J connectivity index is 0.993. The van der Waals surface area contributed by atoms with Crippen molar-refractivity contribution in [2.75, 3.05) is 13.2 Å². The van der Waals surface area contributed by atoms with Crippen molar-refractivity contribution in [1.82, 2.24) is 0 Å². The van der Waals surface area contributed by atoms with Gasteiger partial charge in [-0.25, -0.2) is 9.59 Å². The van der Waals surface area contributed by atoms with Gasteiger partial charge in [0.15, 0.2) is 0 Å². The number of unbranched alkanes of at least 4 members (excludes halogenated alkanes) is 4. The van der Waals surface area contributed by atoms with Crippen molar-refractivity contribution in [1.29, 1.82) is 0 Å². The van der Waals surface area contributed by atoms with Gasteiger partial charge >= 0.3 is 11.9 Å². The van der Waals surface area contributed by atoms with Crippen molar-refractivity contribution >= 4 is 11.9 Å². The predicted molar refractivity (Wildman–Crippen MR) is 196 cm³/mol. The van der Waals surface area contributed by atoms with Gasteiger partial charge in [-0.2, -0.15) is 0 Å². The number of aryl methyl sites for hydroxylation is 2. The van der Waals surface area contributed by atoms with E-state index in [1.54, 1.807) is 0 Å². The number of esters is 2. The molecule has 0 aromatic heterocycles. The molecule has 0 N–H and O–H groups in total. The molecule has 0 heterocycles. The number of ether oxygens (including phenoxy) is 2. The van der Waals surface area contributed by atoms with E-state index in [9.17, 15) is 9.59 Å². The lowest BCUT2D eigenvalue weighted by atomic mass is 9.83. The van der Waals surface area contributed by atoms with Gasteiger partial charge in [0, 0.05) is 0 Å². The number of carbonyl (C=O) groups excluding carboxylic acids is 2. The highest BCUT2D eigenvalue weighted by Crippen LogP contribution is 2.30. The molecule has 0 saturated heterocycles. The molecule has 0 unspecified atom stereocenters. The van der Waals surface area contributed by atoms with Crippen LogP contribution < -0.4 is 0 Å². The van der Waals surface area contributed by atoms with Crippen molar-refractivity contribution in [3.8, 4) is 22.3 Å². The molecule has 4 aromatic rings. The molecule has 4 aromatic carbocycles. The van der Waals surface area contributed by atoms with Gasteiger partial charge in [0.1, 0.15) is 0 Å². The molecule has 0 spiro atoms. The normalized spacial score (nSPS) is 16.0. The minimum absolute atomic E-state index is 0.269. The van der Waals surface area contributed by atoms with Crippen LogP contribution in [0, 0.1) is 11.8 Å². The summed E-state index contributed by atoms with van der Waals surface area (Å²) in [5.41, 5.74) is 8.42. The molecule has 4 heteroatoms. The largest absolute Gasteiger partial charge is 0.462 e. The molecule has 4 nitrogen and oxygen atoms in total. The Kier molecular flexibility index (Phi) is 13.5. The molecular weight excluding hydrogens is 592 g/mol. The van der Waals surface area contributed by atoms with E-state index in [1.165, 1.54) is 49.7 Å². The van der Waals surface area contributed by atoms with Crippen molar-refractivity contribution in [3.05, 3.63) is 119 Å². The summed E-state index contributed by atoms with van der Waals surface area (Å²) in [6, 6.07) is 32.9. The molecule has 0 bridgehead atoms. The van der Waals surface area contributed by atoms with Gasteiger partial charge in [0.05, 0.1) is 24.3 Å². The van der Waals surface area contributed by atoms with E-state index >= 15 is 0 Å². The van der Waals surface area contributed by atoms with Gasteiger partial charge in [0.2, 0.25) is 0 Å². The quantitative estimate of drug-likeness (QED) is 0.0899. The second-order valence-electron chi connectivity index (χ2n) is 13.5. The Bertz CT molecular complexity index is 1420. The third-order valence-corrected chi connectivity index (χ3v) is 9.82. The molecule has 252 valence electrons. The first-order valence-electron chi connectivity index (χ1n) is 18.3. The average Bonchev–Trinajstić information content (AvgIpc) is 3.14. The van der Waals surface area contributed by atoms with Crippen LogP contribution in [0.25, 0.3) is 22.3 Å². The van der Waals surface area contributed by atoms with Crippen LogP contribution in [0.3, 0.4) is 0 Å². The summed E-state index contributed by atoms with van der Waals surface area (Å²) in [4.78, 5) is 25.5. The zero-order chi connectivity index (χ0) is 33.6. The summed E-state index contributed by atoms with van der Waals surface area (Å²) >= 11 is 0. The average molecular weight is 645 g/mol. The summed E-state index contributed by atoms with van der Waals surface area (Å²) < 4.78 is 11.4. The number of benzene rings is 4. The van der Waals surface area contributed by atoms with Crippen molar-refractivity contribution < 1.29 is 19.1 Å². The number of hydrogen-bond donors (Lipinski definition) is 0. The van der Waals surface area contributed by atoms with E-state index in [4.69, 9.17) is 9.47 Å². The zero-order valence-corrected chi connectivity index (χ0v) is 28.9. The lowest BCUT2D eigenvalue weighted by Gasteiger charge is -2.27. The summed E-state index contributed by atoms with van der Waals surface area (Å²) in [5.74, 6) is 0.145. The standard InChI is InChI=1S/C44H52O4/c1-3-5-7-9-33-15-19-37(20-16-33)39-23-27-41(28-24-39)43(45)47-31-35-11-13-36(14-12-35)32-48-44(46)42-29-25-40(26-30-42)38-21-17-34(18-22-38)10-8-6-4-2/h15-30,35-36H,3-14,31-32H2,1-2H3. The highest BCUT2D eigenvalue weighted by Gasteiger charge is 2.24. The molecule has 1 saturated carbocycles. The predicted octanol–water partition coefficient (Wildman–Crippen LogP) is 11.3. The fraction of sp³-hybridized carbons (Fsp3) is 0.409. The summed E-state index contributed by atoms with van der Waals surface area (Å²) in [6.07, 6.45) is 13.6. The molecule has 0 atom stereocenters. The van der Waals surface area contributed by atoms with E-state index in [-0.39, 0.29) is 11.9 Å². The van der Waals surface area contributed by atoms with Gasteiger partial charge in [-0.3, -0.25) is 0 Å². The van der Waals surface area contributed by atoms with E-state index in [0.717, 1.165) is 60.8 Å². The molecule has 1 fully saturated rings. The van der Waals surface area contributed by atoms with E-state index in [2.05, 4.69) is 62.4 Å². The van der Waals surface area contributed by atoms with Crippen LogP contribution >= 0.6 is 0 Å². The molecule has 0 amide bonds. The van der Waals surface area contributed by atoms with Crippen molar-refractivity contribution in [3.63, 3.8) is 0 Å². The van der Waals surface area contributed by atoms with E-state index in [0.29, 0.717) is 36.2 Å². The van der Waals surface area contributed by atoms with Gasteiger partial charge in [-0.15, -0.1) is 0 Å². The summed E-state index contributed by atoms with van der Waals surface area (Å²) in [5, 5.41) is 0. The summed E-state index contributed by atoms with van der Waals surface area (Å²) in [6.45, 7) is 5.32. The fourth-order valence-corrected chi connectivity index (χ4v) is 6.60. The molecule has 5 rings (SSSR count). The Hall–Kier alpha value is -4.18. The zero-order valence-electron chi connectivity index (χ0n) is 28.9. The summed E-state index contributed by atoms with van der Waals surface area (Å²) in [7, 11) is 0. The van der Waals surface area contributed by atoms with Gasteiger partial charge in [-0.05, 0) is 121 Å². The van der Waals surface area contributed by atoms with Gasteiger partial charge in [0.25, 0.3) is 0 Å². The molecule has 0 aliphatic heterocycles. The Labute approximate surface area is 287 Å². The van der Waals surface area contributed by atoms with Crippen LogP contribution in [0.15, 0.2) is 97.1 Å². The van der Waals surface area contributed by atoms with Crippen LogP contribution in [0.2, 0.25) is 0 Å². The molecule has 1 aliphatic rings. The third-order valence-electron chi connectivity index (χ3n) is 9.82. The second kappa shape index (κ2) is 18.4. The molecule has 1 aliphatic carbocycles. The maximum atomic E-state index is 12.8. The van der Waals surface area contributed by atoms with Crippen LogP contribution in [-0.4, -0.2) is 25.2 Å². The highest BCUT2D eigenvalue weighted by atomic mass is 16.5. The van der Waals surface area contributed by atoms with E-state index < -0.39 is 0 Å². The maximum absolute atomic E-state index is 12.8. The number of carbonyl (C=O) groups is 2. The first-order valence-corrected chi connectivity index (χ1v) is 18.3. The lowest BCUT2D eigenvalue weighted by molar-refractivity contribution is 0.0297. The topological polar surface area (TPSA) is 52.6 Å². The SMILES string of the molecule is CCCCCc1ccc(-c2ccc(C(=O)OCC3CCC(COC(=O)c4ccc(-c5ccc(CCCCC)cc5)cc4)CC3)cc2)cc1. The van der Waals surface area contributed by atoms with Crippen LogP contribution in [-0.2, 0) is 22.3 Å². The monoisotopic (exact) mass is 644 g/mol. The first kappa shape index (κ1) is 35.1. The van der Waals surface area contributed by atoms with E-state index in [1.807, 2.05) is 48.5 Å². The highest BCUT2D eigenvalue weighted by molar-refractivity contribution is 5.90. The molecular formula is C44H52O4. The minimum atomic E-state index is -0.269. The third kappa shape index (κ3) is 10.4. The number of rotatable bonds is 16. The van der Waals surface area contributed by atoms with Crippen LogP contribution in [0.5, 0.6) is 0 Å². The fourth-order valence-electron chi connectivity index (χ4n) is 6.60. The van der Waals surface area contributed by atoms with Crippen molar-refractivity contribution in [2.24, 2.45) is 11.8 Å². The smallest absolute Gasteiger partial charge is 0.338 e. The molecule has 48 heavy (non-hydrogen) atoms. The Morgan fingerprint density at radius 2 is 0.792 bits per heavy atom. The van der Waals surface area contributed by atoms with Crippen LogP contribution in [0.4, 0.5) is 0 Å². The van der Waals surface area contributed by atoms with Crippen LogP contribution in [0.1, 0.15) is 110 Å². The Morgan fingerprint density at radius 3 is 1.10 bits per heavy atom. The number of hydrogen-bond acceptors (Lipinski definition) is 4. The first-order chi connectivity index (χ1) is 23.5. The molecule has 0 radical (unpaired) electrons. The Morgan fingerprint density at radius 1 is 0.479 bits per heavy atom. The maximum Gasteiger partial charge on any atom is 0.338 e. The van der Waals surface area contributed by atoms with Crippen molar-refractivity contribution in [2.45, 2.75) is 90.9 Å². The van der Waals surface area contributed by atoms with Gasteiger partial charge < -0.3 is 9.47 Å². The minimum Gasteiger partial charge on any atom is -0.462 e. The second-order valence-corrected chi connectivity index (χ2v) is 13.5.